The average molecular weight is 280 g/mol. The molecule has 0 bridgehead atoms. The van der Waals surface area contributed by atoms with Crippen molar-refractivity contribution in [2.24, 2.45) is 5.73 Å². The first-order valence-electron chi connectivity index (χ1n) is 6.41. The van der Waals surface area contributed by atoms with Crippen LogP contribution in [0.4, 0.5) is 0 Å². The Morgan fingerprint density at radius 3 is 2.10 bits per heavy atom. The molecule has 110 valence electrons. The van der Waals surface area contributed by atoms with Gasteiger partial charge in [-0.25, -0.2) is 0 Å². The molecule has 1 aromatic carbocycles. The van der Waals surface area contributed by atoms with Crippen molar-refractivity contribution in [1.82, 2.24) is 5.32 Å². The number of nitrogens with two attached hydrogens (primary N) is 1. The molecule has 6 heteroatoms. The summed E-state index contributed by atoms with van der Waals surface area (Å²) in [6.07, 6.45) is 1.83. The third kappa shape index (κ3) is 2.65. The second-order valence-corrected chi connectivity index (χ2v) is 4.85. The van der Waals surface area contributed by atoms with E-state index < -0.39 is 0 Å². The number of ether oxygens (including phenoxy) is 3. The zero-order chi connectivity index (χ0) is 14.8. The van der Waals surface area contributed by atoms with E-state index in [-0.39, 0.29) is 11.4 Å². The van der Waals surface area contributed by atoms with Crippen LogP contribution < -0.4 is 25.3 Å². The molecule has 1 fully saturated rings. The Hall–Kier alpha value is -1.95. The highest BCUT2D eigenvalue weighted by atomic mass is 16.5. The molecule has 6 nitrogen and oxygen atoms in total. The molecule has 0 aliphatic heterocycles. The molecule has 0 spiro atoms. The summed E-state index contributed by atoms with van der Waals surface area (Å²) in [5, 5.41) is 2.96. The van der Waals surface area contributed by atoms with Crippen LogP contribution in [-0.4, -0.2) is 39.3 Å². The minimum atomic E-state index is -0.239. The Kier molecular flexibility index (Phi) is 4.04. The van der Waals surface area contributed by atoms with Gasteiger partial charge >= 0.3 is 0 Å². The maximum absolute atomic E-state index is 12.3. The van der Waals surface area contributed by atoms with Crippen LogP contribution in [0.25, 0.3) is 0 Å². The van der Waals surface area contributed by atoms with Gasteiger partial charge in [0.05, 0.1) is 26.9 Å². The second kappa shape index (κ2) is 5.58. The molecule has 0 saturated heterocycles. The Morgan fingerprint density at radius 1 is 1.20 bits per heavy atom. The lowest BCUT2D eigenvalue weighted by Gasteiger charge is -2.17. The maximum Gasteiger partial charge on any atom is 0.252 e. The van der Waals surface area contributed by atoms with Crippen LogP contribution in [0, 0.1) is 0 Å². The Balaban J connectivity index is 2.29. The molecule has 0 heterocycles. The van der Waals surface area contributed by atoms with Crippen LogP contribution in [0.15, 0.2) is 12.1 Å². The summed E-state index contributed by atoms with van der Waals surface area (Å²) < 4.78 is 15.7. The van der Waals surface area contributed by atoms with Crippen molar-refractivity contribution in [2.45, 2.75) is 18.4 Å². The molecule has 1 amide bonds. The van der Waals surface area contributed by atoms with E-state index in [0.717, 1.165) is 12.8 Å². The van der Waals surface area contributed by atoms with Crippen molar-refractivity contribution in [2.75, 3.05) is 27.9 Å². The Morgan fingerprint density at radius 2 is 1.75 bits per heavy atom. The molecule has 1 saturated carbocycles. The molecular weight excluding hydrogens is 260 g/mol. The molecule has 1 aliphatic rings. The highest BCUT2D eigenvalue weighted by molar-refractivity contribution is 5.96. The predicted octanol–water partition coefficient (Wildman–Crippen LogP) is 0.933. The lowest BCUT2D eigenvalue weighted by molar-refractivity contribution is 0.0932. The number of methoxy groups -OCH3 is 3. The van der Waals surface area contributed by atoms with Gasteiger partial charge in [0, 0.05) is 12.1 Å². The fraction of sp³-hybridized carbons (Fsp3) is 0.500. The quantitative estimate of drug-likeness (QED) is 0.810. The van der Waals surface area contributed by atoms with Crippen molar-refractivity contribution in [3.63, 3.8) is 0 Å². The minimum absolute atomic E-state index is 0.188. The number of hydrogen-bond acceptors (Lipinski definition) is 5. The van der Waals surface area contributed by atoms with Crippen molar-refractivity contribution in [3.05, 3.63) is 17.7 Å². The van der Waals surface area contributed by atoms with Crippen LogP contribution in [-0.2, 0) is 0 Å². The van der Waals surface area contributed by atoms with Crippen LogP contribution in [0.5, 0.6) is 17.2 Å². The normalized spacial score (nSPS) is 15.4. The summed E-state index contributed by atoms with van der Waals surface area (Å²) in [4.78, 5) is 12.3. The summed E-state index contributed by atoms with van der Waals surface area (Å²) >= 11 is 0. The minimum Gasteiger partial charge on any atom is -0.493 e. The Labute approximate surface area is 118 Å². The number of amides is 1. The van der Waals surface area contributed by atoms with E-state index >= 15 is 0 Å². The van der Waals surface area contributed by atoms with E-state index in [1.807, 2.05) is 0 Å². The smallest absolute Gasteiger partial charge is 0.252 e. The molecule has 0 radical (unpaired) electrons. The van der Waals surface area contributed by atoms with Gasteiger partial charge in [-0.1, -0.05) is 0 Å². The van der Waals surface area contributed by atoms with Gasteiger partial charge in [-0.05, 0) is 25.0 Å². The van der Waals surface area contributed by atoms with Crippen LogP contribution >= 0.6 is 0 Å². The van der Waals surface area contributed by atoms with Crippen molar-refractivity contribution < 1.29 is 19.0 Å². The first-order chi connectivity index (χ1) is 9.59. The molecule has 3 N–H and O–H groups in total. The van der Waals surface area contributed by atoms with Gasteiger partial charge in [0.2, 0.25) is 5.75 Å². The van der Waals surface area contributed by atoms with E-state index in [1.165, 1.54) is 21.3 Å². The average Bonchev–Trinajstić information content (AvgIpc) is 3.25. The van der Waals surface area contributed by atoms with Crippen molar-refractivity contribution >= 4 is 5.91 Å². The molecule has 1 aromatic rings. The van der Waals surface area contributed by atoms with Gasteiger partial charge in [0.1, 0.15) is 0 Å². The molecule has 0 aromatic heterocycles. The third-order valence-corrected chi connectivity index (χ3v) is 3.55. The Bertz CT molecular complexity index is 487. The number of carbonyl (C=O) groups excluding carboxylic acids is 1. The molecule has 0 atom stereocenters. The summed E-state index contributed by atoms with van der Waals surface area (Å²) in [6.45, 7) is 0.448. The zero-order valence-electron chi connectivity index (χ0n) is 12.0. The van der Waals surface area contributed by atoms with Gasteiger partial charge in [-0.3, -0.25) is 4.79 Å². The zero-order valence-corrected chi connectivity index (χ0v) is 12.0. The van der Waals surface area contributed by atoms with Crippen LogP contribution in [0.3, 0.4) is 0 Å². The highest BCUT2D eigenvalue weighted by Gasteiger charge is 2.42. The van der Waals surface area contributed by atoms with Gasteiger partial charge in [0.15, 0.2) is 11.5 Å². The number of nitrogens with one attached hydrogen (secondary N) is 1. The van der Waals surface area contributed by atoms with Crippen molar-refractivity contribution in [1.29, 1.82) is 0 Å². The monoisotopic (exact) mass is 280 g/mol. The summed E-state index contributed by atoms with van der Waals surface area (Å²) in [7, 11) is 4.55. The number of carbonyl (C=O) groups is 1. The fourth-order valence-electron chi connectivity index (χ4n) is 2.06. The molecular formula is C14H20N2O4. The lowest BCUT2D eigenvalue weighted by atomic mass is 10.1. The molecule has 2 rings (SSSR count). The predicted molar refractivity (Wildman–Crippen MR) is 74.6 cm³/mol. The summed E-state index contributed by atoms with van der Waals surface area (Å²) in [5.74, 6) is 1.18. The van der Waals surface area contributed by atoms with E-state index in [2.05, 4.69) is 5.32 Å². The van der Waals surface area contributed by atoms with Crippen LogP contribution in [0.2, 0.25) is 0 Å². The van der Waals surface area contributed by atoms with Crippen molar-refractivity contribution in [3.8, 4) is 17.2 Å². The van der Waals surface area contributed by atoms with E-state index in [9.17, 15) is 4.79 Å². The van der Waals surface area contributed by atoms with Gasteiger partial charge < -0.3 is 25.3 Å². The largest absolute Gasteiger partial charge is 0.493 e. The van der Waals surface area contributed by atoms with E-state index in [0.29, 0.717) is 29.4 Å². The molecule has 1 aliphatic carbocycles. The SMILES string of the molecule is COc1cc(C(=O)NC2(CN)CC2)cc(OC)c1OC. The maximum atomic E-state index is 12.3. The summed E-state index contributed by atoms with van der Waals surface area (Å²) in [6, 6.07) is 3.26. The number of benzene rings is 1. The third-order valence-electron chi connectivity index (χ3n) is 3.55. The first-order valence-corrected chi connectivity index (χ1v) is 6.41. The second-order valence-electron chi connectivity index (χ2n) is 4.85. The van der Waals surface area contributed by atoms with E-state index in [4.69, 9.17) is 19.9 Å². The molecule has 0 unspecified atom stereocenters. The lowest BCUT2D eigenvalue weighted by Crippen LogP contribution is -2.42. The highest BCUT2D eigenvalue weighted by Crippen LogP contribution is 2.39. The number of hydrogen-bond donors (Lipinski definition) is 2. The van der Waals surface area contributed by atoms with Gasteiger partial charge in [-0.15, -0.1) is 0 Å². The van der Waals surface area contributed by atoms with Gasteiger partial charge in [0.25, 0.3) is 5.91 Å². The van der Waals surface area contributed by atoms with Crippen LogP contribution in [0.1, 0.15) is 23.2 Å². The number of rotatable bonds is 6. The topological polar surface area (TPSA) is 82.8 Å². The van der Waals surface area contributed by atoms with E-state index in [1.54, 1.807) is 12.1 Å². The standard InChI is InChI=1S/C14H20N2O4/c1-18-10-6-9(7-11(19-2)12(10)20-3)13(17)16-14(8-15)4-5-14/h6-7H,4-5,8,15H2,1-3H3,(H,16,17). The fourth-order valence-corrected chi connectivity index (χ4v) is 2.06. The van der Waals surface area contributed by atoms with Gasteiger partial charge in [-0.2, -0.15) is 0 Å². The molecule has 20 heavy (non-hydrogen) atoms. The first kappa shape index (κ1) is 14.5. The summed E-state index contributed by atoms with van der Waals surface area (Å²) in [5.41, 5.74) is 5.89.